The molecule has 2 nitrogen and oxygen atoms in total. The fourth-order valence-corrected chi connectivity index (χ4v) is 0.949. The molecule has 1 aromatic carbocycles. The summed E-state index contributed by atoms with van der Waals surface area (Å²) in [7, 11) is 0. The van der Waals surface area contributed by atoms with Crippen LogP contribution in [0.15, 0.2) is 12.1 Å². The number of nitrogens with two attached hydrogens (primary N) is 2. The van der Waals surface area contributed by atoms with Crippen LogP contribution in [0.1, 0.15) is 11.6 Å². The maximum absolute atomic E-state index is 12.9. The van der Waals surface area contributed by atoms with Gasteiger partial charge in [0, 0.05) is 24.2 Å². The Balaban J connectivity index is 0. The highest BCUT2D eigenvalue weighted by Crippen LogP contribution is 2.18. The molecule has 1 rings (SSSR count). The minimum atomic E-state index is -1.23. The summed E-state index contributed by atoms with van der Waals surface area (Å²) < 4.78 is 38.0. The maximum atomic E-state index is 12.9. The Morgan fingerprint density at radius 2 is 1.47 bits per heavy atom. The molecule has 1 aromatic rings. The highest BCUT2D eigenvalue weighted by atomic mass is 35.5. The zero-order chi connectivity index (χ0) is 10.0. The molecule has 0 fully saturated rings. The third kappa shape index (κ3) is 3.87. The zero-order valence-electron chi connectivity index (χ0n) is 7.54. The molecule has 0 aliphatic heterocycles. The molecule has 0 radical (unpaired) electrons. The van der Waals surface area contributed by atoms with Crippen molar-refractivity contribution in [2.75, 3.05) is 6.54 Å². The highest BCUT2D eigenvalue weighted by Gasteiger charge is 2.14. The van der Waals surface area contributed by atoms with Gasteiger partial charge in [0.15, 0.2) is 11.6 Å². The molecule has 88 valence electrons. The van der Waals surface area contributed by atoms with Crippen LogP contribution in [0.4, 0.5) is 13.2 Å². The minimum Gasteiger partial charge on any atom is -0.329 e. The molecule has 7 heteroatoms. The smallest absolute Gasteiger partial charge is 0.161 e. The first-order valence-corrected chi connectivity index (χ1v) is 3.66. The first kappa shape index (κ1) is 16.9. The lowest BCUT2D eigenvalue weighted by atomic mass is 10.1. The molecule has 0 saturated heterocycles. The van der Waals surface area contributed by atoms with Crippen molar-refractivity contribution in [3.63, 3.8) is 0 Å². The highest BCUT2D eigenvalue weighted by molar-refractivity contribution is 5.85. The van der Waals surface area contributed by atoms with Crippen LogP contribution in [-0.2, 0) is 0 Å². The Kier molecular flexibility index (Phi) is 7.78. The van der Waals surface area contributed by atoms with Gasteiger partial charge in [-0.3, -0.25) is 0 Å². The molecule has 0 heterocycles. The summed E-state index contributed by atoms with van der Waals surface area (Å²) in [5.41, 5.74) is 10.4. The van der Waals surface area contributed by atoms with Gasteiger partial charge in [0.1, 0.15) is 5.82 Å². The van der Waals surface area contributed by atoms with Crippen LogP contribution in [0.5, 0.6) is 0 Å². The second kappa shape index (κ2) is 6.90. The van der Waals surface area contributed by atoms with Crippen molar-refractivity contribution < 1.29 is 13.2 Å². The number of hydrogen-bond donors (Lipinski definition) is 2. The second-order valence-corrected chi connectivity index (χ2v) is 2.63. The SMILES string of the molecule is Cl.Cl.NC[C@H](N)c1cc(F)c(F)cc1F. The second-order valence-electron chi connectivity index (χ2n) is 2.63. The van der Waals surface area contributed by atoms with Crippen LogP contribution in [0.3, 0.4) is 0 Å². The molecule has 1 atom stereocenters. The topological polar surface area (TPSA) is 52.0 Å². The van der Waals surface area contributed by atoms with Gasteiger partial charge in [-0.25, -0.2) is 13.2 Å². The average Bonchev–Trinajstić information content (AvgIpc) is 2.10. The predicted octanol–water partition coefficient (Wildman–Crippen LogP) is 1.91. The van der Waals surface area contributed by atoms with Gasteiger partial charge in [0.25, 0.3) is 0 Å². The summed E-state index contributed by atoms with van der Waals surface area (Å²) in [6.45, 7) is -0.0258. The lowest BCUT2D eigenvalue weighted by Crippen LogP contribution is -2.22. The van der Waals surface area contributed by atoms with E-state index in [0.29, 0.717) is 6.07 Å². The Labute approximate surface area is 97.6 Å². The third-order valence-corrected chi connectivity index (χ3v) is 1.69. The molecule has 0 amide bonds. The van der Waals surface area contributed by atoms with Gasteiger partial charge >= 0.3 is 0 Å². The van der Waals surface area contributed by atoms with Crippen LogP contribution < -0.4 is 11.5 Å². The van der Waals surface area contributed by atoms with Gasteiger partial charge in [-0.2, -0.15) is 0 Å². The Bertz CT molecular complexity index is 323. The summed E-state index contributed by atoms with van der Waals surface area (Å²) in [5.74, 6) is -3.23. The quantitative estimate of drug-likeness (QED) is 0.801. The molecule has 0 aromatic heterocycles. The average molecular weight is 263 g/mol. The van der Waals surface area contributed by atoms with E-state index in [0.717, 1.165) is 6.07 Å². The summed E-state index contributed by atoms with van der Waals surface area (Å²) in [6, 6.07) is 0.373. The van der Waals surface area contributed by atoms with Crippen LogP contribution in [0, 0.1) is 17.5 Å². The molecule has 0 aliphatic rings. The van der Waals surface area contributed by atoms with E-state index in [1.165, 1.54) is 0 Å². The first-order chi connectivity index (χ1) is 6.06. The van der Waals surface area contributed by atoms with Gasteiger partial charge in [-0.1, -0.05) is 0 Å². The fourth-order valence-electron chi connectivity index (χ4n) is 0.949. The minimum absolute atomic E-state index is 0. The van der Waals surface area contributed by atoms with Crippen molar-refractivity contribution in [2.45, 2.75) is 6.04 Å². The van der Waals surface area contributed by atoms with Crippen LogP contribution in [-0.4, -0.2) is 6.54 Å². The summed E-state index contributed by atoms with van der Waals surface area (Å²) in [4.78, 5) is 0. The summed E-state index contributed by atoms with van der Waals surface area (Å²) in [5, 5.41) is 0. The Hall–Kier alpha value is -0.490. The van der Waals surface area contributed by atoms with E-state index < -0.39 is 23.5 Å². The Morgan fingerprint density at radius 1 is 1.00 bits per heavy atom. The third-order valence-electron chi connectivity index (χ3n) is 1.69. The summed E-state index contributed by atoms with van der Waals surface area (Å²) >= 11 is 0. The van der Waals surface area contributed by atoms with Crippen LogP contribution in [0.25, 0.3) is 0 Å². The van der Waals surface area contributed by atoms with Crippen molar-refractivity contribution >= 4 is 24.8 Å². The molecule has 0 bridgehead atoms. The van der Waals surface area contributed by atoms with Crippen molar-refractivity contribution in [1.82, 2.24) is 0 Å². The van der Waals surface area contributed by atoms with E-state index in [4.69, 9.17) is 11.5 Å². The molecular formula is C8H11Cl2F3N2. The van der Waals surface area contributed by atoms with Gasteiger partial charge in [-0.15, -0.1) is 24.8 Å². The largest absolute Gasteiger partial charge is 0.329 e. The number of benzene rings is 1. The van der Waals surface area contributed by atoms with Crippen molar-refractivity contribution in [2.24, 2.45) is 11.5 Å². The van der Waals surface area contributed by atoms with Gasteiger partial charge in [0.05, 0.1) is 0 Å². The molecule has 4 N–H and O–H groups in total. The molecular weight excluding hydrogens is 252 g/mol. The van der Waals surface area contributed by atoms with E-state index >= 15 is 0 Å². The molecule has 0 saturated carbocycles. The van der Waals surface area contributed by atoms with E-state index in [9.17, 15) is 13.2 Å². The number of rotatable bonds is 2. The zero-order valence-corrected chi connectivity index (χ0v) is 9.18. The lowest BCUT2D eigenvalue weighted by Gasteiger charge is -2.10. The molecule has 0 aliphatic carbocycles. The number of hydrogen-bond acceptors (Lipinski definition) is 2. The number of halogens is 5. The van der Waals surface area contributed by atoms with E-state index in [1.807, 2.05) is 0 Å². The van der Waals surface area contributed by atoms with Crippen molar-refractivity contribution in [3.05, 3.63) is 35.1 Å². The Morgan fingerprint density at radius 3 is 1.93 bits per heavy atom. The van der Waals surface area contributed by atoms with Gasteiger partial charge < -0.3 is 11.5 Å². The monoisotopic (exact) mass is 262 g/mol. The fraction of sp³-hybridized carbons (Fsp3) is 0.250. The summed E-state index contributed by atoms with van der Waals surface area (Å²) in [6.07, 6.45) is 0. The van der Waals surface area contributed by atoms with E-state index in [2.05, 4.69) is 0 Å². The predicted molar refractivity (Wildman–Crippen MR) is 56.8 cm³/mol. The van der Waals surface area contributed by atoms with Crippen LogP contribution in [0.2, 0.25) is 0 Å². The maximum Gasteiger partial charge on any atom is 0.161 e. The molecule has 0 unspecified atom stereocenters. The van der Waals surface area contributed by atoms with E-state index in [1.54, 1.807) is 0 Å². The standard InChI is InChI=1S/C8H9F3N2.2ClH/c9-5-2-7(11)6(10)1-4(5)8(13)3-12;;/h1-2,8H,3,12-13H2;2*1H/t8-;;/m0../s1. The van der Waals surface area contributed by atoms with E-state index in [-0.39, 0.29) is 36.9 Å². The van der Waals surface area contributed by atoms with Gasteiger partial charge in [0.2, 0.25) is 0 Å². The molecule has 15 heavy (non-hydrogen) atoms. The van der Waals surface area contributed by atoms with Crippen molar-refractivity contribution in [3.8, 4) is 0 Å². The van der Waals surface area contributed by atoms with Crippen molar-refractivity contribution in [1.29, 1.82) is 0 Å². The normalized spacial score (nSPS) is 11.3. The first-order valence-electron chi connectivity index (χ1n) is 3.66. The van der Waals surface area contributed by atoms with Gasteiger partial charge in [-0.05, 0) is 6.07 Å². The molecule has 0 spiro atoms. The lowest BCUT2D eigenvalue weighted by molar-refractivity contribution is 0.485. The van der Waals surface area contributed by atoms with Crippen LogP contribution >= 0.6 is 24.8 Å².